The van der Waals surface area contributed by atoms with E-state index in [0.29, 0.717) is 12.4 Å². The molecule has 1 N–H and O–H groups in total. The van der Waals surface area contributed by atoms with Gasteiger partial charge in [0, 0.05) is 5.75 Å². The first kappa shape index (κ1) is 18.2. The minimum absolute atomic E-state index is 0.0230. The van der Waals surface area contributed by atoms with Crippen molar-refractivity contribution in [1.82, 2.24) is 5.32 Å². The van der Waals surface area contributed by atoms with E-state index in [2.05, 4.69) is 5.32 Å². The molecule has 1 atom stereocenters. The summed E-state index contributed by atoms with van der Waals surface area (Å²) >= 11 is 1.56. The number of benzene rings is 2. The molecule has 2 aromatic carbocycles. The zero-order chi connectivity index (χ0) is 17.2. The van der Waals surface area contributed by atoms with Crippen LogP contribution >= 0.6 is 11.8 Å². The summed E-state index contributed by atoms with van der Waals surface area (Å²) in [6.45, 7) is 2.56. The van der Waals surface area contributed by atoms with Crippen molar-refractivity contribution in [1.29, 1.82) is 0 Å². The molecule has 0 spiro atoms. The first-order valence-corrected chi connectivity index (χ1v) is 9.03. The lowest BCUT2D eigenvalue weighted by Gasteiger charge is -2.14. The summed E-state index contributed by atoms with van der Waals surface area (Å²) in [5.74, 6) is 2.85. The van der Waals surface area contributed by atoms with Gasteiger partial charge >= 0.3 is 0 Å². The maximum absolute atomic E-state index is 11.9. The first-order valence-electron chi connectivity index (χ1n) is 7.88. The molecule has 0 saturated heterocycles. The summed E-state index contributed by atoms with van der Waals surface area (Å²) in [6, 6.07) is 17.4. The fourth-order valence-corrected chi connectivity index (χ4v) is 2.78. The van der Waals surface area contributed by atoms with Crippen molar-refractivity contribution in [3.63, 3.8) is 0 Å². The lowest BCUT2D eigenvalue weighted by atomic mass is 10.1. The molecule has 1 amide bonds. The molecular formula is C19H23NO3S. The number of amides is 1. The molecule has 0 heterocycles. The van der Waals surface area contributed by atoms with E-state index >= 15 is 0 Å². The molecule has 4 nitrogen and oxygen atoms in total. The zero-order valence-corrected chi connectivity index (χ0v) is 14.8. The van der Waals surface area contributed by atoms with Crippen LogP contribution in [0.1, 0.15) is 18.5 Å². The van der Waals surface area contributed by atoms with Crippen LogP contribution in [0.3, 0.4) is 0 Å². The molecule has 128 valence electrons. The molecule has 5 heteroatoms. The van der Waals surface area contributed by atoms with Crippen LogP contribution in [-0.4, -0.2) is 31.1 Å². The van der Waals surface area contributed by atoms with Gasteiger partial charge in [-0.3, -0.25) is 4.79 Å². The van der Waals surface area contributed by atoms with Crippen LogP contribution in [0.4, 0.5) is 0 Å². The highest BCUT2D eigenvalue weighted by Crippen LogP contribution is 2.17. The minimum atomic E-state index is 0.0230. The van der Waals surface area contributed by atoms with Crippen molar-refractivity contribution in [3.05, 3.63) is 60.2 Å². The Balaban J connectivity index is 1.60. The third kappa shape index (κ3) is 6.16. The van der Waals surface area contributed by atoms with E-state index in [4.69, 9.17) is 9.47 Å². The highest BCUT2D eigenvalue weighted by molar-refractivity contribution is 7.99. The third-order valence-electron chi connectivity index (χ3n) is 3.47. The van der Waals surface area contributed by atoms with Crippen LogP contribution in [0.2, 0.25) is 0 Å². The number of hydrogen-bond acceptors (Lipinski definition) is 4. The van der Waals surface area contributed by atoms with Gasteiger partial charge in [0.25, 0.3) is 0 Å². The number of rotatable bonds is 9. The topological polar surface area (TPSA) is 47.6 Å². The van der Waals surface area contributed by atoms with Crippen molar-refractivity contribution in [2.24, 2.45) is 0 Å². The van der Waals surface area contributed by atoms with E-state index < -0.39 is 0 Å². The SMILES string of the molecule is COc1ccc(OCCSCC(=O)NC(C)c2ccccc2)cc1. The number of carbonyl (C=O) groups is 1. The standard InChI is InChI=1S/C19H23NO3S/c1-15(16-6-4-3-5-7-16)20-19(21)14-24-13-12-23-18-10-8-17(22-2)9-11-18/h3-11,15H,12-14H2,1-2H3,(H,20,21). The number of carbonyl (C=O) groups excluding carboxylic acids is 1. The number of hydrogen-bond donors (Lipinski definition) is 1. The Morgan fingerprint density at radius 2 is 1.75 bits per heavy atom. The van der Waals surface area contributed by atoms with Gasteiger partial charge in [-0.15, -0.1) is 11.8 Å². The Morgan fingerprint density at radius 1 is 1.08 bits per heavy atom. The Morgan fingerprint density at radius 3 is 2.42 bits per heavy atom. The summed E-state index contributed by atoms with van der Waals surface area (Å²) in [4.78, 5) is 11.9. The molecule has 2 aromatic rings. The molecule has 0 radical (unpaired) electrons. The minimum Gasteiger partial charge on any atom is -0.497 e. The highest BCUT2D eigenvalue weighted by atomic mass is 32.2. The van der Waals surface area contributed by atoms with Gasteiger partial charge in [0.15, 0.2) is 0 Å². The number of nitrogens with one attached hydrogen (secondary N) is 1. The van der Waals surface area contributed by atoms with Gasteiger partial charge in [-0.25, -0.2) is 0 Å². The van der Waals surface area contributed by atoms with E-state index in [9.17, 15) is 4.79 Å². The second kappa shape index (κ2) is 9.88. The van der Waals surface area contributed by atoms with Gasteiger partial charge < -0.3 is 14.8 Å². The molecular weight excluding hydrogens is 322 g/mol. The van der Waals surface area contributed by atoms with Crippen molar-refractivity contribution < 1.29 is 14.3 Å². The molecule has 2 rings (SSSR count). The van der Waals surface area contributed by atoms with E-state index in [0.717, 1.165) is 22.8 Å². The summed E-state index contributed by atoms with van der Waals surface area (Å²) in [5.41, 5.74) is 1.11. The Bertz CT molecular complexity index is 616. The molecule has 0 aliphatic rings. The summed E-state index contributed by atoms with van der Waals surface area (Å²) in [6.07, 6.45) is 0. The molecule has 0 fully saturated rings. The van der Waals surface area contributed by atoms with Crippen LogP contribution in [0.25, 0.3) is 0 Å². The average Bonchev–Trinajstić information content (AvgIpc) is 2.62. The van der Waals surface area contributed by atoms with Gasteiger partial charge in [0.2, 0.25) is 5.91 Å². The smallest absolute Gasteiger partial charge is 0.230 e. The largest absolute Gasteiger partial charge is 0.497 e. The van der Waals surface area contributed by atoms with Crippen LogP contribution < -0.4 is 14.8 Å². The molecule has 0 aliphatic heterocycles. The fraction of sp³-hybridized carbons (Fsp3) is 0.316. The van der Waals surface area contributed by atoms with Gasteiger partial charge in [-0.1, -0.05) is 30.3 Å². The van der Waals surface area contributed by atoms with E-state index in [1.54, 1.807) is 18.9 Å². The maximum atomic E-state index is 11.9. The fourth-order valence-electron chi connectivity index (χ4n) is 2.16. The average molecular weight is 345 g/mol. The number of methoxy groups -OCH3 is 1. The van der Waals surface area contributed by atoms with Gasteiger partial charge in [-0.2, -0.15) is 0 Å². The number of ether oxygens (including phenoxy) is 2. The quantitative estimate of drug-likeness (QED) is 0.704. The molecule has 0 aliphatic carbocycles. The monoisotopic (exact) mass is 345 g/mol. The Hall–Kier alpha value is -2.14. The molecule has 24 heavy (non-hydrogen) atoms. The molecule has 0 aromatic heterocycles. The van der Waals surface area contributed by atoms with Crippen LogP contribution in [0, 0.1) is 0 Å². The maximum Gasteiger partial charge on any atom is 0.230 e. The summed E-state index contributed by atoms with van der Waals surface area (Å²) < 4.78 is 10.7. The highest BCUT2D eigenvalue weighted by Gasteiger charge is 2.08. The lowest BCUT2D eigenvalue weighted by Crippen LogP contribution is -2.28. The Labute approximate surface area is 147 Å². The van der Waals surface area contributed by atoms with Crippen LogP contribution in [0.15, 0.2) is 54.6 Å². The van der Waals surface area contributed by atoms with Crippen molar-refractivity contribution >= 4 is 17.7 Å². The Kier molecular flexibility index (Phi) is 7.49. The van der Waals surface area contributed by atoms with Gasteiger partial charge in [0.1, 0.15) is 11.5 Å². The van der Waals surface area contributed by atoms with Crippen LogP contribution in [0.5, 0.6) is 11.5 Å². The molecule has 1 unspecified atom stereocenters. The number of thioether (sulfide) groups is 1. The predicted octanol–water partition coefficient (Wildman–Crippen LogP) is 3.68. The summed E-state index contributed by atoms with van der Waals surface area (Å²) in [5, 5.41) is 3.00. The molecule has 0 bridgehead atoms. The van der Waals surface area contributed by atoms with Crippen molar-refractivity contribution in [2.45, 2.75) is 13.0 Å². The van der Waals surface area contributed by atoms with E-state index in [-0.39, 0.29) is 11.9 Å². The van der Waals surface area contributed by atoms with Crippen molar-refractivity contribution in [3.8, 4) is 11.5 Å². The first-order chi connectivity index (χ1) is 11.7. The van der Waals surface area contributed by atoms with E-state index in [1.165, 1.54) is 0 Å². The van der Waals surface area contributed by atoms with Crippen molar-refractivity contribution in [2.75, 3.05) is 25.2 Å². The second-order valence-electron chi connectivity index (χ2n) is 5.28. The zero-order valence-electron chi connectivity index (χ0n) is 14.0. The third-order valence-corrected chi connectivity index (χ3v) is 4.39. The molecule has 0 saturated carbocycles. The normalized spacial score (nSPS) is 11.6. The predicted molar refractivity (Wildman–Crippen MR) is 98.8 cm³/mol. The van der Waals surface area contributed by atoms with Gasteiger partial charge in [0.05, 0.1) is 25.5 Å². The van der Waals surface area contributed by atoms with E-state index in [1.807, 2.05) is 61.5 Å². The lowest BCUT2D eigenvalue weighted by molar-refractivity contribution is -0.119. The van der Waals surface area contributed by atoms with Gasteiger partial charge in [-0.05, 0) is 36.8 Å². The van der Waals surface area contributed by atoms with Crippen LogP contribution in [-0.2, 0) is 4.79 Å². The summed E-state index contributed by atoms with van der Waals surface area (Å²) in [7, 11) is 1.64. The second-order valence-corrected chi connectivity index (χ2v) is 6.38.